The molecule has 0 aliphatic rings. The number of carbonyl (C=O) groups excluding carboxylic acids is 1. The van der Waals surface area contributed by atoms with Crippen molar-refractivity contribution in [1.29, 1.82) is 0 Å². The Morgan fingerprint density at radius 1 is 1.45 bits per heavy atom. The smallest absolute Gasteiger partial charge is 0.0566 e. The minimum Gasteiger partial charge on any atom is -0.550 e. The van der Waals surface area contributed by atoms with Gasteiger partial charge in [-0.3, -0.25) is 0 Å². The van der Waals surface area contributed by atoms with Gasteiger partial charge in [0.25, 0.3) is 0 Å². The number of aliphatic carboxylic acids is 1. The van der Waals surface area contributed by atoms with E-state index in [0.29, 0.717) is 0 Å². The second-order valence-electron chi connectivity index (χ2n) is 2.80. The zero-order valence-corrected chi connectivity index (χ0v) is 8.94. The van der Waals surface area contributed by atoms with Crippen molar-refractivity contribution in [3.05, 3.63) is 0 Å². The zero-order valence-electron chi connectivity index (χ0n) is 7.94. The summed E-state index contributed by atoms with van der Waals surface area (Å²) in [6.07, 6.45) is 4.32. The molecule has 0 aromatic rings. The van der Waals surface area contributed by atoms with Crippen molar-refractivity contribution in [2.45, 2.75) is 26.7 Å². The van der Waals surface area contributed by atoms with E-state index in [0.717, 1.165) is 6.92 Å². The van der Waals surface area contributed by atoms with Crippen LogP contribution in [0.1, 0.15) is 26.7 Å². The van der Waals surface area contributed by atoms with E-state index in [2.05, 4.69) is 20.3 Å². The zero-order chi connectivity index (χ0) is 9.28. The van der Waals surface area contributed by atoms with Crippen molar-refractivity contribution >= 4 is 13.9 Å². The third kappa shape index (κ3) is 40.6. The van der Waals surface area contributed by atoms with E-state index >= 15 is 0 Å². The lowest BCUT2D eigenvalue weighted by molar-refractivity contribution is -0.302. The number of carboxylic acid groups (broad SMARTS) is 1. The molecule has 0 spiro atoms. The molecular formula is C8H19O2P. The van der Waals surface area contributed by atoms with E-state index in [1.54, 1.807) is 0 Å². The summed E-state index contributed by atoms with van der Waals surface area (Å²) >= 11 is 0. The fraction of sp³-hybridized carbons (Fsp3) is 0.875. The molecule has 0 aromatic carbocycles. The fourth-order valence-electron chi connectivity index (χ4n) is 0.530. The van der Waals surface area contributed by atoms with Crippen LogP contribution in [0.4, 0.5) is 0 Å². The van der Waals surface area contributed by atoms with Gasteiger partial charge in [-0.15, -0.1) is 0 Å². The van der Waals surface area contributed by atoms with Crippen LogP contribution in [0.3, 0.4) is 0 Å². The summed E-state index contributed by atoms with van der Waals surface area (Å²) in [5.41, 5.74) is 0. The highest BCUT2D eigenvalue weighted by Gasteiger charge is 1.95. The first-order valence-electron chi connectivity index (χ1n) is 3.97. The number of rotatable bonds is 3. The van der Waals surface area contributed by atoms with E-state index in [-0.39, 0.29) is 7.92 Å². The Labute approximate surface area is 70.8 Å². The van der Waals surface area contributed by atoms with Crippen LogP contribution in [0.25, 0.3) is 0 Å². The summed E-state index contributed by atoms with van der Waals surface area (Å²) in [6, 6.07) is 0. The van der Waals surface area contributed by atoms with Crippen molar-refractivity contribution in [3.63, 3.8) is 0 Å². The second kappa shape index (κ2) is 9.90. The van der Waals surface area contributed by atoms with Crippen LogP contribution in [-0.4, -0.2) is 25.5 Å². The number of hydrogen-bond acceptors (Lipinski definition) is 2. The molecule has 0 saturated heterocycles. The van der Waals surface area contributed by atoms with Gasteiger partial charge in [-0.05, 0) is 21.3 Å². The van der Waals surface area contributed by atoms with E-state index in [1.165, 1.54) is 19.0 Å². The quantitative estimate of drug-likeness (QED) is 0.605. The maximum absolute atomic E-state index is 8.89. The first kappa shape index (κ1) is 13.5. The monoisotopic (exact) mass is 178 g/mol. The summed E-state index contributed by atoms with van der Waals surface area (Å²) in [6.45, 7) is 7.98. The SMILES string of the molecule is CC(=O)[O-].CCCC[PH+](C)C. The normalized spacial score (nSPS) is 8.82. The van der Waals surface area contributed by atoms with Gasteiger partial charge in [-0.1, -0.05) is 13.3 Å². The van der Waals surface area contributed by atoms with Gasteiger partial charge in [0.05, 0.1) is 6.16 Å². The molecule has 0 bridgehead atoms. The molecule has 0 rings (SSSR count). The average molecular weight is 178 g/mol. The molecule has 0 unspecified atom stereocenters. The standard InChI is InChI=1S/C6H15P.C2H4O2/c1-4-5-6-7(2)3;1-2(3)4/h4-6H2,1-3H3;1H3,(H,3,4). The number of carbonyl (C=O) groups is 1. The molecule has 3 heteroatoms. The number of hydrogen-bond donors (Lipinski definition) is 0. The highest BCUT2D eigenvalue weighted by atomic mass is 31.1. The van der Waals surface area contributed by atoms with Crippen molar-refractivity contribution in [1.82, 2.24) is 0 Å². The lowest BCUT2D eigenvalue weighted by Crippen LogP contribution is -2.16. The van der Waals surface area contributed by atoms with E-state index < -0.39 is 5.97 Å². The van der Waals surface area contributed by atoms with Crippen molar-refractivity contribution in [3.8, 4) is 0 Å². The Bertz CT molecular complexity index is 88.1. The lowest BCUT2D eigenvalue weighted by atomic mass is 10.4. The van der Waals surface area contributed by atoms with E-state index in [9.17, 15) is 0 Å². The minimum absolute atomic E-state index is 0.103. The van der Waals surface area contributed by atoms with Crippen LogP contribution in [0.2, 0.25) is 0 Å². The Morgan fingerprint density at radius 2 is 1.82 bits per heavy atom. The van der Waals surface area contributed by atoms with Crippen LogP contribution in [-0.2, 0) is 4.79 Å². The van der Waals surface area contributed by atoms with Crippen molar-refractivity contribution in [2.24, 2.45) is 0 Å². The molecule has 2 nitrogen and oxygen atoms in total. The van der Waals surface area contributed by atoms with Gasteiger partial charge in [0.15, 0.2) is 0 Å². The Balaban J connectivity index is 0. The molecule has 68 valence electrons. The van der Waals surface area contributed by atoms with Gasteiger partial charge in [0.1, 0.15) is 0 Å². The van der Waals surface area contributed by atoms with Crippen LogP contribution in [0, 0.1) is 0 Å². The maximum Gasteiger partial charge on any atom is 0.0566 e. The number of unbranched alkanes of at least 4 members (excludes halogenated alkanes) is 1. The van der Waals surface area contributed by atoms with Crippen LogP contribution in [0.15, 0.2) is 0 Å². The van der Waals surface area contributed by atoms with Crippen LogP contribution < -0.4 is 5.11 Å². The van der Waals surface area contributed by atoms with Gasteiger partial charge >= 0.3 is 0 Å². The first-order valence-corrected chi connectivity index (χ1v) is 6.68. The summed E-state index contributed by atoms with van der Waals surface area (Å²) in [5, 5.41) is 8.89. The summed E-state index contributed by atoms with van der Waals surface area (Å²) in [5.74, 6) is -1.08. The van der Waals surface area contributed by atoms with Crippen molar-refractivity contribution in [2.75, 3.05) is 19.5 Å². The molecule has 0 saturated carbocycles. The Kier molecular flexibility index (Phi) is 12.1. The third-order valence-electron chi connectivity index (χ3n) is 1.03. The predicted octanol–water partition coefficient (Wildman–Crippen LogP) is 1.02. The molecule has 0 atom stereocenters. The Hall–Kier alpha value is -0.100. The molecule has 0 amide bonds. The number of carboxylic acids is 1. The summed E-state index contributed by atoms with van der Waals surface area (Å²) < 4.78 is 0. The fourth-order valence-corrected chi connectivity index (χ4v) is 1.59. The molecule has 0 N–H and O–H groups in total. The topological polar surface area (TPSA) is 40.1 Å². The molecule has 0 radical (unpaired) electrons. The molecule has 0 aliphatic heterocycles. The molecule has 0 aromatic heterocycles. The summed E-state index contributed by atoms with van der Waals surface area (Å²) in [4.78, 5) is 8.89. The minimum atomic E-state index is -1.08. The van der Waals surface area contributed by atoms with Gasteiger partial charge in [0.2, 0.25) is 0 Å². The van der Waals surface area contributed by atoms with E-state index in [1.807, 2.05) is 0 Å². The molecule has 0 fully saturated rings. The highest BCUT2D eigenvalue weighted by Crippen LogP contribution is 2.25. The molecule has 11 heavy (non-hydrogen) atoms. The molecule has 0 aliphatic carbocycles. The largest absolute Gasteiger partial charge is 0.550 e. The Morgan fingerprint density at radius 3 is 1.91 bits per heavy atom. The molecular weight excluding hydrogens is 159 g/mol. The second-order valence-corrected chi connectivity index (χ2v) is 5.72. The van der Waals surface area contributed by atoms with Gasteiger partial charge in [0, 0.05) is 19.3 Å². The van der Waals surface area contributed by atoms with Gasteiger partial charge < -0.3 is 9.90 Å². The first-order chi connectivity index (χ1) is 5.00. The van der Waals surface area contributed by atoms with Crippen LogP contribution >= 0.6 is 7.92 Å². The van der Waals surface area contributed by atoms with Crippen LogP contribution in [0.5, 0.6) is 0 Å². The predicted molar refractivity (Wildman–Crippen MR) is 50.6 cm³/mol. The highest BCUT2D eigenvalue weighted by molar-refractivity contribution is 7.55. The lowest BCUT2D eigenvalue weighted by Gasteiger charge is -1.92. The average Bonchev–Trinajstić information content (AvgIpc) is 1.82. The molecule has 0 heterocycles. The van der Waals surface area contributed by atoms with Crippen molar-refractivity contribution < 1.29 is 9.90 Å². The maximum atomic E-state index is 8.89. The van der Waals surface area contributed by atoms with E-state index in [4.69, 9.17) is 9.90 Å². The van der Waals surface area contributed by atoms with Gasteiger partial charge in [-0.2, -0.15) is 0 Å². The summed E-state index contributed by atoms with van der Waals surface area (Å²) in [7, 11) is 0.103. The third-order valence-corrected chi connectivity index (χ3v) is 2.38. The van der Waals surface area contributed by atoms with Gasteiger partial charge in [-0.25, -0.2) is 0 Å².